The van der Waals surface area contributed by atoms with Gasteiger partial charge in [0, 0.05) is 0 Å². The fraction of sp³-hybridized carbons (Fsp3) is 0. The van der Waals surface area contributed by atoms with Gasteiger partial charge in [0.25, 0.3) is 0 Å². The summed E-state index contributed by atoms with van der Waals surface area (Å²) >= 11 is 2.93. The van der Waals surface area contributed by atoms with E-state index in [0.29, 0.717) is 0 Å². The Balaban J connectivity index is 2.45. The highest BCUT2D eigenvalue weighted by Gasteiger charge is 2.02. The Morgan fingerprint density at radius 3 is 2.91 bits per heavy atom. The second kappa shape index (κ2) is 2.64. The van der Waals surface area contributed by atoms with Crippen LogP contribution in [0.5, 0.6) is 5.06 Å². The largest absolute Gasteiger partial charge is 0.498 e. The van der Waals surface area contributed by atoms with Crippen molar-refractivity contribution in [3.8, 4) is 14.9 Å². The van der Waals surface area contributed by atoms with Crippen LogP contribution >= 0.6 is 22.7 Å². The summed E-state index contributed by atoms with van der Waals surface area (Å²) in [6.07, 6.45) is 1.47. The standard InChI is InChI=1S/C7H5NOS2/c9-6-4-8-7(11-6)5-2-1-3-10-5/h1-4,9H. The number of nitrogens with zero attached hydrogens (tertiary/aromatic N) is 1. The molecule has 0 fully saturated rings. The van der Waals surface area contributed by atoms with Gasteiger partial charge in [0.05, 0.1) is 11.1 Å². The topological polar surface area (TPSA) is 33.1 Å². The summed E-state index contributed by atoms with van der Waals surface area (Å²) in [5.41, 5.74) is 0. The maximum absolute atomic E-state index is 9.01. The summed E-state index contributed by atoms with van der Waals surface area (Å²) in [7, 11) is 0. The number of rotatable bonds is 1. The average Bonchev–Trinajstić information content (AvgIpc) is 2.55. The van der Waals surface area contributed by atoms with Crippen LogP contribution in [0.25, 0.3) is 9.88 Å². The van der Waals surface area contributed by atoms with Gasteiger partial charge in [-0.1, -0.05) is 17.4 Å². The SMILES string of the molecule is Oc1cnc(-c2cccs2)s1. The highest BCUT2D eigenvalue weighted by Crippen LogP contribution is 2.31. The Kier molecular flexibility index (Phi) is 1.63. The van der Waals surface area contributed by atoms with Crippen molar-refractivity contribution in [2.24, 2.45) is 0 Å². The van der Waals surface area contributed by atoms with Crippen molar-refractivity contribution in [2.75, 3.05) is 0 Å². The van der Waals surface area contributed by atoms with Gasteiger partial charge >= 0.3 is 0 Å². The first kappa shape index (κ1) is 6.82. The molecule has 0 saturated heterocycles. The smallest absolute Gasteiger partial charge is 0.192 e. The van der Waals surface area contributed by atoms with Gasteiger partial charge in [-0.25, -0.2) is 4.98 Å². The Morgan fingerprint density at radius 2 is 2.36 bits per heavy atom. The Labute approximate surface area is 71.8 Å². The van der Waals surface area contributed by atoms with Crippen LogP contribution in [0.3, 0.4) is 0 Å². The van der Waals surface area contributed by atoms with E-state index in [2.05, 4.69) is 4.98 Å². The summed E-state index contributed by atoms with van der Waals surface area (Å²) in [6.45, 7) is 0. The van der Waals surface area contributed by atoms with Crippen molar-refractivity contribution in [1.82, 2.24) is 4.98 Å². The molecule has 0 radical (unpaired) electrons. The van der Waals surface area contributed by atoms with Gasteiger partial charge in [0.2, 0.25) is 0 Å². The zero-order valence-corrected chi connectivity index (χ0v) is 7.15. The highest BCUT2D eigenvalue weighted by molar-refractivity contribution is 7.21. The molecular weight excluding hydrogens is 178 g/mol. The fourth-order valence-corrected chi connectivity index (χ4v) is 2.24. The van der Waals surface area contributed by atoms with Crippen LogP contribution in [0.15, 0.2) is 23.7 Å². The molecule has 0 aromatic carbocycles. The van der Waals surface area contributed by atoms with Crippen molar-refractivity contribution in [3.05, 3.63) is 23.7 Å². The molecule has 1 N–H and O–H groups in total. The molecule has 2 nitrogen and oxygen atoms in total. The summed E-state index contributed by atoms with van der Waals surface area (Å²) in [4.78, 5) is 5.14. The molecule has 56 valence electrons. The third-order valence-corrected chi connectivity index (χ3v) is 3.06. The first-order chi connectivity index (χ1) is 5.36. The molecular formula is C7H5NOS2. The Hall–Kier alpha value is -0.870. The highest BCUT2D eigenvalue weighted by atomic mass is 32.1. The van der Waals surface area contributed by atoms with Crippen molar-refractivity contribution in [2.45, 2.75) is 0 Å². The summed E-state index contributed by atoms with van der Waals surface area (Å²) < 4.78 is 0. The van der Waals surface area contributed by atoms with Crippen molar-refractivity contribution in [3.63, 3.8) is 0 Å². The molecule has 11 heavy (non-hydrogen) atoms. The molecule has 0 saturated carbocycles. The molecule has 2 heterocycles. The van der Waals surface area contributed by atoms with E-state index in [1.54, 1.807) is 11.3 Å². The predicted octanol–water partition coefficient (Wildman–Crippen LogP) is 2.58. The summed E-state index contributed by atoms with van der Waals surface area (Å²) in [6, 6.07) is 3.96. The summed E-state index contributed by atoms with van der Waals surface area (Å²) in [5.74, 6) is 0. The van der Waals surface area contributed by atoms with Crippen molar-refractivity contribution >= 4 is 22.7 Å². The number of hydrogen-bond donors (Lipinski definition) is 1. The minimum atomic E-state index is 0.272. The molecule has 0 unspecified atom stereocenters. The zero-order chi connectivity index (χ0) is 7.68. The van der Waals surface area contributed by atoms with Crippen LogP contribution in [-0.4, -0.2) is 10.1 Å². The van der Waals surface area contributed by atoms with Gasteiger partial charge in [-0.3, -0.25) is 0 Å². The number of aromatic nitrogens is 1. The van der Waals surface area contributed by atoms with Crippen LogP contribution in [0.1, 0.15) is 0 Å². The Bertz CT molecular complexity index is 339. The van der Waals surface area contributed by atoms with E-state index in [1.807, 2.05) is 17.5 Å². The monoisotopic (exact) mass is 183 g/mol. The molecule has 0 aliphatic carbocycles. The lowest BCUT2D eigenvalue weighted by Gasteiger charge is -1.83. The molecule has 0 bridgehead atoms. The van der Waals surface area contributed by atoms with Crippen LogP contribution in [-0.2, 0) is 0 Å². The molecule has 0 amide bonds. The van der Waals surface area contributed by atoms with Crippen LogP contribution < -0.4 is 0 Å². The minimum Gasteiger partial charge on any atom is -0.498 e. The molecule has 2 aromatic rings. The molecule has 0 aliphatic heterocycles. The van der Waals surface area contributed by atoms with E-state index in [0.717, 1.165) is 9.88 Å². The lowest BCUT2D eigenvalue weighted by molar-refractivity contribution is 0.489. The third-order valence-electron chi connectivity index (χ3n) is 1.23. The van der Waals surface area contributed by atoms with Gasteiger partial charge in [-0.05, 0) is 11.4 Å². The predicted molar refractivity (Wildman–Crippen MR) is 47.1 cm³/mol. The maximum atomic E-state index is 9.01. The van der Waals surface area contributed by atoms with Crippen LogP contribution in [0, 0.1) is 0 Å². The lowest BCUT2D eigenvalue weighted by atomic mass is 10.5. The molecule has 2 rings (SSSR count). The number of aromatic hydroxyl groups is 1. The second-order valence-electron chi connectivity index (χ2n) is 1.98. The molecule has 0 spiro atoms. The first-order valence-corrected chi connectivity index (χ1v) is 4.74. The van der Waals surface area contributed by atoms with Gasteiger partial charge in [-0.2, -0.15) is 0 Å². The van der Waals surface area contributed by atoms with Crippen molar-refractivity contribution in [1.29, 1.82) is 0 Å². The minimum absolute atomic E-state index is 0.272. The van der Waals surface area contributed by atoms with E-state index < -0.39 is 0 Å². The van der Waals surface area contributed by atoms with Gasteiger partial charge in [0.1, 0.15) is 5.01 Å². The normalized spacial score (nSPS) is 10.2. The van der Waals surface area contributed by atoms with Crippen LogP contribution in [0.4, 0.5) is 0 Å². The number of thiazole rings is 1. The van der Waals surface area contributed by atoms with E-state index in [-0.39, 0.29) is 5.06 Å². The molecule has 0 atom stereocenters. The average molecular weight is 183 g/mol. The number of hydrogen-bond acceptors (Lipinski definition) is 4. The number of thiophene rings is 1. The molecule has 0 aliphatic rings. The van der Waals surface area contributed by atoms with Gasteiger partial charge in [0.15, 0.2) is 5.06 Å². The van der Waals surface area contributed by atoms with Crippen molar-refractivity contribution < 1.29 is 5.11 Å². The van der Waals surface area contributed by atoms with E-state index in [9.17, 15) is 0 Å². The molecule has 4 heteroatoms. The third kappa shape index (κ3) is 1.27. The maximum Gasteiger partial charge on any atom is 0.192 e. The van der Waals surface area contributed by atoms with Gasteiger partial charge in [-0.15, -0.1) is 11.3 Å². The zero-order valence-electron chi connectivity index (χ0n) is 5.52. The van der Waals surface area contributed by atoms with E-state index in [1.165, 1.54) is 17.5 Å². The van der Waals surface area contributed by atoms with E-state index >= 15 is 0 Å². The quantitative estimate of drug-likeness (QED) is 0.737. The van der Waals surface area contributed by atoms with Gasteiger partial charge < -0.3 is 5.11 Å². The first-order valence-electron chi connectivity index (χ1n) is 3.05. The fourth-order valence-electron chi connectivity index (χ4n) is 0.780. The Morgan fingerprint density at radius 1 is 1.45 bits per heavy atom. The van der Waals surface area contributed by atoms with E-state index in [4.69, 9.17) is 5.11 Å². The van der Waals surface area contributed by atoms with Crippen LogP contribution in [0.2, 0.25) is 0 Å². The second-order valence-corrected chi connectivity index (χ2v) is 3.94. The lowest BCUT2D eigenvalue weighted by Crippen LogP contribution is -1.63. The summed E-state index contributed by atoms with van der Waals surface area (Å²) in [5, 5.41) is 12.2. The molecule has 2 aromatic heterocycles.